The van der Waals surface area contributed by atoms with Gasteiger partial charge in [0.25, 0.3) is 5.69 Å². The molecule has 0 atom stereocenters. The van der Waals surface area contributed by atoms with Gasteiger partial charge in [-0.1, -0.05) is 12.1 Å². The van der Waals surface area contributed by atoms with Crippen LogP contribution in [0.4, 0.5) is 15.8 Å². The Kier molecular flexibility index (Phi) is 10.0. The van der Waals surface area contributed by atoms with Crippen molar-refractivity contribution in [3.05, 3.63) is 64.0 Å². The molecule has 0 unspecified atom stereocenters. The van der Waals surface area contributed by atoms with Gasteiger partial charge in [-0.2, -0.15) is 0 Å². The van der Waals surface area contributed by atoms with Crippen molar-refractivity contribution in [2.45, 2.75) is 6.42 Å². The number of nitro groups is 1. The zero-order valence-corrected chi connectivity index (χ0v) is 18.8. The predicted octanol–water partition coefficient (Wildman–Crippen LogP) is 2.42. The Morgan fingerprint density at radius 1 is 1.19 bits per heavy atom. The number of esters is 1. The summed E-state index contributed by atoms with van der Waals surface area (Å²) in [6.07, 6.45) is -0.189. The van der Waals surface area contributed by atoms with Gasteiger partial charge in [0.05, 0.1) is 26.1 Å². The molecule has 0 heterocycles. The number of likely N-dealkylation sites (N-methyl/N-ethyl adjacent to an activating group) is 1. The van der Waals surface area contributed by atoms with Crippen LogP contribution in [0.15, 0.2) is 47.5 Å². The van der Waals surface area contributed by atoms with Crippen LogP contribution in [-0.4, -0.2) is 62.2 Å². The molecule has 32 heavy (non-hydrogen) atoms. The number of carbonyl (C=O) groups excluding carboxylic acids is 1. The minimum atomic E-state index is -0.633. The molecular formula is C21H25ClFN3O6. The number of hydrogen-bond acceptors (Lipinski definition) is 7. The smallest absolute Gasteiger partial charge is 0.344 e. The minimum Gasteiger partial charge on any atom is -0.861 e. The number of halogens is 2. The monoisotopic (exact) mass is 469 g/mol. The lowest BCUT2D eigenvalue weighted by atomic mass is 10.1. The van der Waals surface area contributed by atoms with E-state index in [1.165, 1.54) is 24.3 Å². The number of non-ortho nitro benzene ring substituents is 1. The van der Waals surface area contributed by atoms with Crippen molar-refractivity contribution in [3.8, 4) is 5.75 Å². The molecule has 0 spiro atoms. The zero-order valence-electron chi connectivity index (χ0n) is 17.9. The summed E-state index contributed by atoms with van der Waals surface area (Å²) in [7, 11) is 5.86. The third-order valence-electron chi connectivity index (χ3n) is 4.01. The summed E-state index contributed by atoms with van der Waals surface area (Å²) in [5.41, 5.74) is 0.309. The van der Waals surface area contributed by atoms with Gasteiger partial charge in [0.1, 0.15) is 30.4 Å². The van der Waals surface area contributed by atoms with E-state index in [9.17, 15) is 24.4 Å². The maximum atomic E-state index is 13.6. The standard InChI is InChI=1S/C21H24FN3O6.ClH/c1-25(2,3)9-10-30-21(27)14-31-19-13-16(22)7-8-18(19)23-20(26)12-15-5-4-6-17(11-15)24(28)29;/h4-8,11,13H,9-10,12,14H2,1-3H3;1H. The maximum absolute atomic E-state index is 13.6. The second-order valence-electron chi connectivity index (χ2n) is 7.74. The van der Waals surface area contributed by atoms with Crippen molar-refractivity contribution < 1.29 is 33.2 Å². The molecule has 174 valence electrons. The fourth-order valence-corrected chi connectivity index (χ4v) is 2.44. The number of rotatable bonds is 10. The number of nitrogens with zero attached hydrogens (tertiary/aromatic N) is 3. The number of hydrogen-bond donors (Lipinski definition) is 0. The van der Waals surface area contributed by atoms with Crippen molar-refractivity contribution in [2.75, 3.05) is 40.9 Å². The van der Waals surface area contributed by atoms with Gasteiger partial charge >= 0.3 is 5.97 Å². The van der Waals surface area contributed by atoms with Crippen molar-refractivity contribution in [2.24, 2.45) is 4.99 Å². The fraction of sp³-hybridized carbons (Fsp3) is 0.333. The number of benzene rings is 2. The van der Waals surface area contributed by atoms with Crippen molar-refractivity contribution in [1.82, 2.24) is 0 Å². The van der Waals surface area contributed by atoms with Crippen molar-refractivity contribution >= 4 is 35.6 Å². The van der Waals surface area contributed by atoms with E-state index >= 15 is 0 Å². The molecule has 0 fully saturated rings. The van der Waals surface area contributed by atoms with Crippen LogP contribution in [0, 0.1) is 15.9 Å². The van der Waals surface area contributed by atoms with Gasteiger partial charge in [0.15, 0.2) is 6.61 Å². The predicted molar refractivity (Wildman–Crippen MR) is 117 cm³/mol. The summed E-state index contributed by atoms with van der Waals surface area (Å²) in [6.45, 7) is 0.342. The third kappa shape index (κ3) is 9.27. The topological polar surface area (TPSA) is 114 Å². The Hall–Kier alpha value is -3.24. The highest BCUT2D eigenvalue weighted by atomic mass is 35.5. The molecular weight excluding hydrogens is 445 g/mol. The van der Waals surface area contributed by atoms with Crippen LogP contribution in [0.25, 0.3) is 0 Å². The lowest BCUT2D eigenvalue weighted by molar-refractivity contribution is -0.870. The van der Waals surface area contributed by atoms with E-state index in [1.807, 2.05) is 21.1 Å². The summed E-state index contributed by atoms with van der Waals surface area (Å²) in [5, 5.41) is 23.1. The van der Waals surface area contributed by atoms with E-state index in [0.29, 0.717) is 16.6 Å². The van der Waals surface area contributed by atoms with E-state index in [2.05, 4.69) is 4.99 Å². The van der Waals surface area contributed by atoms with Gasteiger partial charge in [0, 0.05) is 24.6 Å². The van der Waals surface area contributed by atoms with Crippen LogP contribution >= 0.6 is 12.4 Å². The average molecular weight is 470 g/mol. The first-order chi connectivity index (χ1) is 14.5. The molecule has 2 aromatic rings. The highest BCUT2D eigenvalue weighted by Crippen LogP contribution is 2.28. The molecule has 0 aliphatic rings. The van der Waals surface area contributed by atoms with Gasteiger partial charge in [-0.3, -0.25) is 15.1 Å². The van der Waals surface area contributed by atoms with Crippen LogP contribution in [-0.2, 0) is 16.0 Å². The number of aliphatic imine (C=N–C) groups is 1. The zero-order chi connectivity index (χ0) is 23.0. The molecule has 2 aromatic carbocycles. The Morgan fingerprint density at radius 3 is 2.56 bits per heavy atom. The second kappa shape index (κ2) is 12.0. The Balaban J connectivity index is 0.00000512. The molecule has 0 radical (unpaired) electrons. The quantitative estimate of drug-likeness (QED) is 0.132. The van der Waals surface area contributed by atoms with Gasteiger partial charge in [-0.05, 0) is 23.6 Å². The third-order valence-corrected chi connectivity index (χ3v) is 4.01. The summed E-state index contributed by atoms with van der Waals surface area (Å²) in [4.78, 5) is 26.0. The molecule has 0 N–H and O–H groups in total. The summed E-state index contributed by atoms with van der Waals surface area (Å²) < 4.78 is 24.6. The largest absolute Gasteiger partial charge is 0.861 e. The van der Waals surface area contributed by atoms with E-state index in [1.54, 1.807) is 6.07 Å². The number of nitro benzene ring substituents is 1. The lowest BCUT2D eigenvalue weighted by Crippen LogP contribution is -2.38. The minimum absolute atomic E-state index is 0. The summed E-state index contributed by atoms with van der Waals surface area (Å²) >= 11 is 0. The van der Waals surface area contributed by atoms with E-state index in [-0.39, 0.29) is 42.6 Å². The molecule has 0 aromatic heterocycles. The van der Waals surface area contributed by atoms with E-state index in [4.69, 9.17) is 9.47 Å². The van der Waals surface area contributed by atoms with Crippen LogP contribution in [0.1, 0.15) is 5.56 Å². The molecule has 0 bridgehead atoms. The maximum Gasteiger partial charge on any atom is 0.344 e. The fourth-order valence-electron chi connectivity index (χ4n) is 2.44. The first-order valence-electron chi connectivity index (χ1n) is 9.40. The molecule has 0 saturated carbocycles. The van der Waals surface area contributed by atoms with Gasteiger partial charge in [0.2, 0.25) is 0 Å². The first kappa shape index (κ1) is 26.8. The van der Waals surface area contributed by atoms with Crippen LogP contribution < -0.4 is 9.84 Å². The number of quaternary nitrogens is 1. The highest BCUT2D eigenvalue weighted by Gasteiger charge is 2.12. The Morgan fingerprint density at radius 2 is 1.91 bits per heavy atom. The normalized spacial score (nSPS) is 11.4. The van der Waals surface area contributed by atoms with Crippen LogP contribution in [0.5, 0.6) is 5.75 Å². The second-order valence-corrected chi connectivity index (χ2v) is 7.74. The Labute approximate surface area is 191 Å². The number of ether oxygens (including phenoxy) is 2. The molecule has 0 saturated heterocycles. The highest BCUT2D eigenvalue weighted by molar-refractivity contribution is 5.85. The number of carbonyl (C=O) groups is 1. The molecule has 11 heteroatoms. The lowest BCUT2D eigenvalue weighted by Gasteiger charge is -2.23. The molecule has 0 aliphatic carbocycles. The van der Waals surface area contributed by atoms with Crippen LogP contribution in [0.2, 0.25) is 0 Å². The van der Waals surface area contributed by atoms with Gasteiger partial charge < -0.3 is 19.1 Å². The first-order valence-corrected chi connectivity index (χ1v) is 9.40. The van der Waals surface area contributed by atoms with E-state index < -0.39 is 29.2 Å². The SMILES string of the molecule is C[N+](C)(C)CCOC(=O)COc1cc(F)ccc1N=C([O-])Cc1cccc([N+](=O)[O-])c1.Cl. The summed E-state index contributed by atoms with van der Waals surface area (Å²) in [5.74, 6) is -1.96. The van der Waals surface area contributed by atoms with Crippen LogP contribution in [0.3, 0.4) is 0 Å². The van der Waals surface area contributed by atoms with Gasteiger partial charge in [-0.25, -0.2) is 9.18 Å². The molecule has 9 nitrogen and oxygen atoms in total. The summed E-state index contributed by atoms with van der Waals surface area (Å²) in [6, 6.07) is 8.99. The Bertz CT molecular complexity index is 978. The van der Waals surface area contributed by atoms with Crippen molar-refractivity contribution in [1.29, 1.82) is 0 Å². The van der Waals surface area contributed by atoms with E-state index in [0.717, 1.165) is 12.1 Å². The molecule has 0 aliphatic heterocycles. The van der Waals surface area contributed by atoms with Gasteiger partial charge in [-0.15, -0.1) is 12.4 Å². The molecule has 0 amide bonds. The average Bonchev–Trinajstić information content (AvgIpc) is 2.67. The molecule has 2 rings (SSSR count). The van der Waals surface area contributed by atoms with Crippen molar-refractivity contribution in [3.63, 3.8) is 0 Å².